The minimum Gasteiger partial charge on any atom is -0.320 e. The minimum atomic E-state index is -0.135. The van der Waals surface area contributed by atoms with Crippen molar-refractivity contribution in [2.75, 3.05) is 5.32 Å². The van der Waals surface area contributed by atoms with Gasteiger partial charge in [0.15, 0.2) is 5.01 Å². The van der Waals surface area contributed by atoms with Gasteiger partial charge in [0.1, 0.15) is 0 Å². The van der Waals surface area contributed by atoms with Crippen molar-refractivity contribution in [3.8, 4) is 0 Å². The largest absolute Gasteiger partial charge is 0.320 e. The summed E-state index contributed by atoms with van der Waals surface area (Å²) in [6.07, 6.45) is 0.896. The number of carbonyl (C=O) groups is 1. The number of nitrogens with zero attached hydrogens (tertiary/aromatic N) is 1. The highest BCUT2D eigenvalue weighted by molar-refractivity contribution is 7.11. The first-order valence-corrected chi connectivity index (χ1v) is 6.40. The van der Waals surface area contributed by atoms with E-state index in [2.05, 4.69) is 17.2 Å². The number of nitrogens with one attached hydrogen (secondary N) is 1. The molecule has 0 unspecified atom stereocenters. The van der Waals surface area contributed by atoms with Crippen LogP contribution in [-0.4, -0.2) is 10.9 Å². The molecule has 1 aromatic heterocycles. The van der Waals surface area contributed by atoms with Gasteiger partial charge in [0.2, 0.25) is 0 Å². The van der Waals surface area contributed by atoms with Crippen molar-refractivity contribution in [2.24, 2.45) is 0 Å². The topological polar surface area (TPSA) is 42.0 Å². The Balaban J connectivity index is 2.18. The van der Waals surface area contributed by atoms with Crippen molar-refractivity contribution in [1.29, 1.82) is 0 Å². The smallest absolute Gasteiger partial charge is 0.284 e. The molecule has 2 aromatic rings. The Bertz CT molecular complexity index is 534. The van der Waals surface area contributed by atoms with E-state index in [9.17, 15) is 4.79 Å². The molecule has 2 rings (SSSR count). The van der Waals surface area contributed by atoms with E-state index >= 15 is 0 Å². The van der Waals surface area contributed by atoms with Crippen LogP contribution in [0.3, 0.4) is 0 Å². The second-order valence-corrected chi connectivity index (χ2v) is 4.62. The van der Waals surface area contributed by atoms with E-state index in [1.165, 1.54) is 11.3 Å². The van der Waals surface area contributed by atoms with Gasteiger partial charge in [-0.25, -0.2) is 4.98 Å². The molecule has 0 fully saturated rings. The summed E-state index contributed by atoms with van der Waals surface area (Å²) < 4.78 is 0. The number of aryl methyl sites for hydroxylation is 2. The van der Waals surface area contributed by atoms with Gasteiger partial charge < -0.3 is 5.32 Å². The minimum absolute atomic E-state index is 0.135. The highest BCUT2D eigenvalue weighted by atomic mass is 32.1. The van der Waals surface area contributed by atoms with E-state index in [1.807, 2.05) is 36.6 Å². The Morgan fingerprint density at radius 1 is 1.41 bits per heavy atom. The van der Waals surface area contributed by atoms with Crippen LogP contribution in [0, 0.1) is 6.92 Å². The van der Waals surface area contributed by atoms with Gasteiger partial charge >= 0.3 is 0 Å². The Kier molecular flexibility index (Phi) is 3.54. The number of rotatable bonds is 3. The van der Waals surface area contributed by atoms with Gasteiger partial charge in [-0.15, -0.1) is 11.3 Å². The van der Waals surface area contributed by atoms with Crippen LogP contribution in [0.4, 0.5) is 5.69 Å². The number of benzene rings is 1. The lowest BCUT2D eigenvalue weighted by molar-refractivity contribution is 0.102. The number of anilines is 1. The lowest BCUT2D eigenvalue weighted by Gasteiger charge is -2.07. The molecule has 0 saturated heterocycles. The van der Waals surface area contributed by atoms with Crippen molar-refractivity contribution in [3.05, 3.63) is 45.9 Å². The van der Waals surface area contributed by atoms with Gasteiger partial charge in [-0.2, -0.15) is 0 Å². The molecule has 88 valence electrons. The fourth-order valence-electron chi connectivity index (χ4n) is 1.58. The molecule has 0 atom stereocenters. The summed E-state index contributed by atoms with van der Waals surface area (Å²) in [5.41, 5.74) is 2.88. The Morgan fingerprint density at radius 2 is 2.18 bits per heavy atom. The molecule has 4 heteroatoms. The van der Waals surface area contributed by atoms with Crippen LogP contribution in [0.25, 0.3) is 0 Å². The number of carbonyl (C=O) groups excluding carboxylic acids is 1. The van der Waals surface area contributed by atoms with Crippen molar-refractivity contribution < 1.29 is 4.79 Å². The van der Waals surface area contributed by atoms with E-state index in [1.54, 1.807) is 0 Å². The van der Waals surface area contributed by atoms with E-state index in [0.717, 1.165) is 23.4 Å². The lowest BCUT2D eigenvalue weighted by atomic mass is 10.1. The highest BCUT2D eigenvalue weighted by Crippen LogP contribution is 2.17. The van der Waals surface area contributed by atoms with Crippen molar-refractivity contribution in [2.45, 2.75) is 20.3 Å². The molecule has 17 heavy (non-hydrogen) atoms. The van der Waals surface area contributed by atoms with Gasteiger partial charge in [0, 0.05) is 16.8 Å². The molecule has 0 aliphatic heterocycles. The normalized spacial score (nSPS) is 10.2. The zero-order chi connectivity index (χ0) is 12.3. The molecule has 1 amide bonds. The zero-order valence-corrected chi connectivity index (χ0v) is 10.7. The van der Waals surface area contributed by atoms with Crippen LogP contribution in [0.2, 0.25) is 0 Å². The average molecular weight is 246 g/mol. The van der Waals surface area contributed by atoms with Crippen molar-refractivity contribution in [1.82, 2.24) is 4.98 Å². The number of thiazole rings is 1. The van der Waals surface area contributed by atoms with Crippen LogP contribution < -0.4 is 5.32 Å². The molecule has 1 aromatic carbocycles. The summed E-state index contributed by atoms with van der Waals surface area (Å²) >= 11 is 1.37. The molecule has 0 radical (unpaired) electrons. The van der Waals surface area contributed by atoms with Gasteiger partial charge in [-0.05, 0) is 25.0 Å². The summed E-state index contributed by atoms with van der Waals surface area (Å²) in [6.45, 7) is 3.95. The monoisotopic (exact) mass is 246 g/mol. The summed E-state index contributed by atoms with van der Waals surface area (Å²) in [5, 5.41) is 5.28. The third kappa shape index (κ3) is 2.71. The maximum absolute atomic E-state index is 11.9. The second kappa shape index (κ2) is 5.10. The highest BCUT2D eigenvalue weighted by Gasteiger charge is 2.11. The number of amides is 1. The van der Waals surface area contributed by atoms with Crippen molar-refractivity contribution >= 4 is 22.9 Å². The lowest BCUT2D eigenvalue weighted by Crippen LogP contribution is -2.12. The van der Waals surface area contributed by atoms with Crippen LogP contribution in [0.15, 0.2) is 29.6 Å². The first-order valence-electron chi connectivity index (χ1n) is 5.52. The molecule has 1 heterocycles. The fourth-order valence-corrected chi connectivity index (χ4v) is 2.27. The molecule has 0 saturated carbocycles. The predicted octanol–water partition coefficient (Wildman–Crippen LogP) is 3.27. The molecule has 0 bridgehead atoms. The maximum Gasteiger partial charge on any atom is 0.284 e. The Hall–Kier alpha value is -1.68. The molecule has 0 spiro atoms. The molecule has 3 nitrogen and oxygen atoms in total. The van der Waals surface area contributed by atoms with Crippen LogP contribution in [0.1, 0.15) is 28.0 Å². The van der Waals surface area contributed by atoms with Gasteiger partial charge in [0.25, 0.3) is 5.91 Å². The van der Waals surface area contributed by atoms with Crippen molar-refractivity contribution in [3.63, 3.8) is 0 Å². The van der Waals surface area contributed by atoms with Gasteiger partial charge in [-0.3, -0.25) is 4.79 Å². The Labute approximate surface area is 105 Å². The molecule has 1 N–H and O–H groups in total. The first kappa shape index (κ1) is 11.8. The molecule has 0 aliphatic rings. The molecular weight excluding hydrogens is 232 g/mol. The quantitative estimate of drug-likeness (QED) is 0.903. The average Bonchev–Trinajstić information content (AvgIpc) is 2.77. The van der Waals surface area contributed by atoms with E-state index in [0.29, 0.717) is 5.01 Å². The molecule has 0 aliphatic carbocycles. The predicted molar refractivity (Wildman–Crippen MR) is 70.6 cm³/mol. The SMILES string of the molecule is CCc1ccccc1NC(=O)c1nc(C)cs1. The van der Waals surface area contributed by atoms with Crippen LogP contribution in [0.5, 0.6) is 0 Å². The third-order valence-corrected chi connectivity index (χ3v) is 3.42. The van der Waals surface area contributed by atoms with Gasteiger partial charge in [-0.1, -0.05) is 25.1 Å². The molecular formula is C13H14N2OS. The van der Waals surface area contributed by atoms with Crippen LogP contribution >= 0.6 is 11.3 Å². The summed E-state index contributed by atoms with van der Waals surface area (Å²) in [4.78, 5) is 16.1. The number of aromatic nitrogens is 1. The van der Waals surface area contributed by atoms with E-state index in [4.69, 9.17) is 0 Å². The summed E-state index contributed by atoms with van der Waals surface area (Å²) in [5.74, 6) is -0.135. The second-order valence-electron chi connectivity index (χ2n) is 3.76. The number of hydrogen-bond donors (Lipinski definition) is 1. The third-order valence-electron chi connectivity index (χ3n) is 2.46. The summed E-state index contributed by atoms with van der Waals surface area (Å²) in [6, 6.07) is 7.82. The zero-order valence-electron chi connectivity index (χ0n) is 9.86. The number of hydrogen-bond acceptors (Lipinski definition) is 3. The van der Waals surface area contributed by atoms with Gasteiger partial charge in [0.05, 0.1) is 0 Å². The Morgan fingerprint density at radius 3 is 2.82 bits per heavy atom. The van der Waals surface area contributed by atoms with E-state index < -0.39 is 0 Å². The van der Waals surface area contributed by atoms with E-state index in [-0.39, 0.29) is 5.91 Å². The maximum atomic E-state index is 11.9. The summed E-state index contributed by atoms with van der Waals surface area (Å²) in [7, 11) is 0. The number of para-hydroxylation sites is 1. The fraction of sp³-hybridized carbons (Fsp3) is 0.231. The van der Waals surface area contributed by atoms with Crippen LogP contribution in [-0.2, 0) is 6.42 Å². The standard InChI is InChI=1S/C13H14N2OS/c1-3-10-6-4-5-7-11(10)15-12(16)13-14-9(2)8-17-13/h4-8H,3H2,1-2H3,(H,15,16). The first-order chi connectivity index (χ1) is 8.20.